The van der Waals surface area contributed by atoms with E-state index in [2.05, 4.69) is 30.7 Å². The van der Waals surface area contributed by atoms with Gasteiger partial charge in [0.1, 0.15) is 0 Å². The molecule has 1 aromatic rings. The van der Waals surface area contributed by atoms with Crippen LogP contribution in [0.15, 0.2) is 11.4 Å². The van der Waals surface area contributed by atoms with Gasteiger partial charge in [-0.05, 0) is 5.92 Å². The van der Waals surface area contributed by atoms with E-state index in [0.717, 1.165) is 5.92 Å². The monoisotopic (exact) mass is 202 g/mol. The standard InChI is InChI=1S/C12H19S.Li/c1-3-5-6-11(4-2)9-12-7-8-13-10-12;/h7,10-11H,3-6,9H2,1-2H3;/q-1;+1. The van der Waals surface area contributed by atoms with Crippen molar-refractivity contribution in [2.24, 2.45) is 5.92 Å². The van der Waals surface area contributed by atoms with E-state index in [4.69, 9.17) is 0 Å². The number of hydrogen-bond donors (Lipinski definition) is 0. The van der Waals surface area contributed by atoms with Gasteiger partial charge in [-0.3, -0.25) is 0 Å². The predicted octanol–water partition coefficient (Wildman–Crippen LogP) is 1.31. The Balaban J connectivity index is 0.00000169. The minimum atomic E-state index is 0. The second-order valence-corrected chi connectivity index (χ2v) is 4.40. The molecule has 0 spiro atoms. The number of unbranched alkanes of at least 4 members (excludes halogenated alkanes) is 1. The van der Waals surface area contributed by atoms with Crippen LogP contribution in [0.2, 0.25) is 0 Å². The van der Waals surface area contributed by atoms with Crippen LogP contribution in [0.3, 0.4) is 0 Å². The topological polar surface area (TPSA) is 0 Å². The van der Waals surface area contributed by atoms with Crippen LogP contribution in [0, 0.1) is 11.3 Å². The zero-order valence-electron chi connectivity index (χ0n) is 9.68. The van der Waals surface area contributed by atoms with Crippen molar-refractivity contribution in [3.05, 3.63) is 22.4 Å². The third kappa shape index (κ3) is 5.25. The fourth-order valence-corrected chi connectivity index (χ4v) is 2.24. The summed E-state index contributed by atoms with van der Waals surface area (Å²) in [4.78, 5) is 0. The van der Waals surface area contributed by atoms with Crippen molar-refractivity contribution in [3.8, 4) is 0 Å². The molecular formula is C12H19LiS. The summed E-state index contributed by atoms with van der Waals surface area (Å²) in [6.07, 6.45) is 6.67. The fraction of sp³-hybridized carbons (Fsp3) is 0.667. The van der Waals surface area contributed by atoms with Crippen molar-refractivity contribution in [2.75, 3.05) is 0 Å². The van der Waals surface area contributed by atoms with E-state index in [1.54, 1.807) is 11.3 Å². The minimum absolute atomic E-state index is 0. The Morgan fingerprint density at radius 2 is 2.21 bits per heavy atom. The van der Waals surface area contributed by atoms with Crippen LogP contribution in [0.5, 0.6) is 0 Å². The van der Waals surface area contributed by atoms with Crippen molar-refractivity contribution < 1.29 is 18.9 Å². The molecule has 1 aromatic heterocycles. The van der Waals surface area contributed by atoms with Crippen molar-refractivity contribution in [1.29, 1.82) is 0 Å². The van der Waals surface area contributed by atoms with Crippen molar-refractivity contribution in [2.45, 2.75) is 46.0 Å². The number of rotatable bonds is 6. The van der Waals surface area contributed by atoms with E-state index in [1.165, 1.54) is 37.7 Å². The SMILES string of the molecule is CCCCC(CC)Cc1c[c-]sc1.[Li+]. The van der Waals surface area contributed by atoms with Crippen LogP contribution in [0.1, 0.15) is 45.1 Å². The zero-order chi connectivity index (χ0) is 9.52. The summed E-state index contributed by atoms with van der Waals surface area (Å²) < 4.78 is 0. The van der Waals surface area contributed by atoms with Gasteiger partial charge in [0.25, 0.3) is 0 Å². The Labute approximate surface area is 104 Å². The summed E-state index contributed by atoms with van der Waals surface area (Å²) in [7, 11) is 0. The molecule has 0 saturated carbocycles. The Bertz CT molecular complexity index is 206. The molecule has 0 radical (unpaired) electrons. The summed E-state index contributed by atoms with van der Waals surface area (Å²) in [6.45, 7) is 4.57. The van der Waals surface area contributed by atoms with Crippen LogP contribution in [-0.4, -0.2) is 0 Å². The Hall–Kier alpha value is 0.297. The molecular weight excluding hydrogens is 183 g/mol. The minimum Gasteiger partial charge on any atom is -0.304 e. The maximum Gasteiger partial charge on any atom is 1.00 e. The van der Waals surface area contributed by atoms with Crippen molar-refractivity contribution >= 4 is 11.3 Å². The van der Waals surface area contributed by atoms with Gasteiger partial charge >= 0.3 is 18.9 Å². The average molecular weight is 202 g/mol. The van der Waals surface area contributed by atoms with Gasteiger partial charge in [-0.1, -0.05) is 46.0 Å². The Morgan fingerprint density at radius 3 is 2.71 bits per heavy atom. The quantitative estimate of drug-likeness (QED) is 0.482. The van der Waals surface area contributed by atoms with Crippen molar-refractivity contribution in [3.63, 3.8) is 0 Å². The number of hydrogen-bond acceptors (Lipinski definition) is 1. The molecule has 2 heteroatoms. The summed E-state index contributed by atoms with van der Waals surface area (Å²) in [5, 5.41) is 5.39. The first kappa shape index (κ1) is 14.3. The molecule has 1 atom stereocenters. The van der Waals surface area contributed by atoms with Gasteiger partial charge in [-0.25, -0.2) is 0 Å². The van der Waals surface area contributed by atoms with Gasteiger partial charge in [0.2, 0.25) is 0 Å². The van der Waals surface area contributed by atoms with Gasteiger partial charge in [0.05, 0.1) is 0 Å². The molecule has 0 bridgehead atoms. The fourth-order valence-electron chi connectivity index (χ4n) is 1.64. The first-order valence-electron chi connectivity index (χ1n) is 5.30. The molecule has 0 aromatic carbocycles. The molecule has 0 amide bonds. The average Bonchev–Trinajstić information content (AvgIpc) is 2.64. The first-order valence-corrected chi connectivity index (χ1v) is 6.18. The second kappa shape index (κ2) is 8.59. The maximum absolute atomic E-state index is 3.16. The third-order valence-corrected chi connectivity index (χ3v) is 3.26. The summed E-state index contributed by atoms with van der Waals surface area (Å²) in [5.74, 6) is 0.892. The molecule has 1 rings (SSSR count). The summed E-state index contributed by atoms with van der Waals surface area (Å²) in [6, 6.07) is 2.14. The molecule has 0 saturated heterocycles. The van der Waals surface area contributed by atoms with E-state index in [-0.39, 0.29) is 18.9 Å². The first-order chi connectivity index (χ1) is 6.36. The van der Waals surface area contributed by atoms with E-state index < -0.39 is 0 Å². The largest absolute Gasteiger partial charge is 1.00 e. The van der Waals surface area contributed by atoms with Gasteiger partial charge in [0.15, 0.2) is 0 Å². The smallest absolute Gasteiger partial charge is 0.304 e. The van der Waals surface area contributed by atoms with Crippen LogP contribution in [-0.2, 0) is 6.42 Å². The molecule has 1 heterocycles. The van der Waals surface area contributed by atoms with E-state index in [0.29, 0.717) is 0 Å². The van der Waals surface area contributed by atoms with Crippen molar-refractivity contribution in [1.82, 2.24) is 0 Å². The molecule has 0 fully saturated rings. The van der Waals surface area contributed by atoms with Crippen LogP contribution in [0.25, 0.3) is 0 Å². The van der Waals surface area contributed by atoms with E-state index in [1.807, 2.05) is 0 Å². The van der Waals surface area contributed by atoms with E-state index in [9.17, 15) is 0 Å². The predicted molar refractivity (Wildman–Crippen MR) is 60.2 cm³/mol. The third-order valence-electron chi connectivity index (χ3n) is 2.59. The van der Waals surface area contributed by atoms with Crippen LogP contribution < -0.4 is 18.9 Å². The van der Waals surface area contributed by atoms with Gasteiger partial charge < -0.3 is 11.3 Å². The van der Waals surface area contributed by atoms with Crippen LogP contribution >= 0.6 is 11.3 Å². The van der Waals surface area contributed by atoms with Gasteiger partial charge in [-0.2, -0.15) is 17.0 Å². The molecule has 0 nitrogen and oxygen atoms in total. The van der Waals surface area contributed by atoms with Crippen LogP contribution in [0.4, 0.5) is 0 Å². The molecule has 14 heavy (non-hydrogen) atoms. The second-order valence-electron chi connectivity index (χ2n) is 3.69. The molecule has 0 N–H and O–H groups in total. The van der Waals surface area contributed by atoms with Gasteiger partial charge in [0, 0.05) is 0 Å². The molecule has 74 valence electrons. The number of thiophene rings is 1. The molecule has 0 aliphatic carbocycles. The normalized spacial score (nSPS) is 12.1. The Kier molecular flexibility index (Phi) is 8.78. The summed E-state index contributed by atoms with van der Waals surface area (Å²) >= 11 is 1.69. The maximum atomic E-state index is 3.16. The Morgan fingerprint density at radius 1 is 1.43 bits per heavy atom. The summed E-state index contributed by atoms with van der Waals surface area (Å²) in [5.41, 5.74) is 1.48. The zero-order valence-corrected chi connectivity index (χ0v) is 10.5. The molecule has 1 unspecified atom stereocenters. The van der Waals surface area contributed by atoms with E-state index >= 15 is 0 Å². The van der Waals surface area contributed by atoms with Gasteiger partial charge in [-0.15, -0.1) is 5.38 Å². The molecule has 0 aliphatic heterocycles. The molecule has 0 aliphatic rings.